The molecular weight excluding hydrogens is 436 g/mol. The number of ether oxygens (including phenoxy) is 1. The molecular formula is C22H15ClN4O5. The standard InChI is InChI=1S/C22H15ClN4O5/c23-13-5-6-17-16(9-13)21(29)22(30)27(17)8-7-26-11-14(24-25-26)12-31-19-10-20(28)32-18-4-2-1-3-15(18)19/h1-6,9-11H,7-8,12H2. The minimum atomic E-state index is -0.597. The average molecular weight is 451 g/mol. The van der Waals surface area contributed by atoms with Crippen molar-refractivity contribution in [3.8, 4) is 5.75 Å². The van der Waals surface area contributed by atoms with Crippen LogP contribution in [-0.2, 0) is 17.9 Å². The number of anilines is 1. The number of halogens is 1. The third kappa shape index (κ3) is 3.63. The van der Waals surface area contributed by atoms with Gasteiger partial charge in [-0.05, 0) is 30.3 Å². The maximum Gasteiger partial charge on any atom is 0.339 e. The molecule has 0 unspecified atom stereocenters. The molecule has 1 amide bonds. The summed E-state index contributed by atoms with van der Waals surface area (Å²) in [5.41, 5.74) is 1.30. The Morgan fingerprint density at radius 1 is 1.03 bits per heavy atom. The number of carbonyl (C=O) groups excluding carboxylic acids is 2. The lowest BCUT2D eigenvalue weighted by molar-refractivity contribution is -0.114. The molecule has 0 radical (unpaired) electrons. The number of hydrogen-bond acceptors (Lipinski definition) is 7. The summed E-state index contributed by atoms with van der Waals surface area (Å²) < 4.78 is 12.5. The fraction of sp³-hybridized carbons (Fsp3) is 0.136. The molecule has 3 heterocycles. The van der Waals surface area contributed by atoms with E-state index in [1.165, 1.54) is 17.0 Å². The zero-order valence-electron chi connectivity index (χ0n) is 16.5. The average Bonchev–Trinajstić information content (AvgIpc) is 3.33. The first-order valence-electron chi connectivity index (χ1n) is 9.70. The summed E-state index contributed by atoms with van der Waals surface area (Å²) in [6.07, 6.45) is 1.68. The van der Waals surface area contributed by atoms with Gasteiger partial charge in [0.2, 0.25) is 0 Å². The molecule has 0 aliphatic carbocycles. The van der Waals surface area contributed by atoms with Crippen molar-refractivity contribution in [2.24, 2.45) is 0 Å². The highest BCUT2D eigenvalue weighted by molar-refractivity contribution is 6.52. The Balaban J connectivity index is 1.26. The van der Waals surface area contributed by atoms with Crippen LogP contribution in [0.5, 0.6) is 5.75 Å². The van der Waals surface area contributed by atoms with Gasteiger partial charge in [-0.25, -0.2) is 4.79 Å². The lowest BCUT2D eigenvalue weighted by atomic mass is 10.1. The Morgan fingerprint density at radius 3 is 2.75 bits per heavy atom. The number of nitrogens with zero attached hydrogens (tertiary/aromatic N) is 4. The molecule has 0 saturated carbocycles. The van der Waals surface area contributed by atoms with Crippen molar-refractivity contribution in [2.75, 3.05) is 11.4 Å². The molecule has 0 spiro atoms. The minimum absolute atomic E-state index is 0.0932. The van der Waals surface area contributed by atoms with Crippen LogP contribution in [0.25, 0.3) is 11.0 Å². The fourth-order valence-electron chi connectivity index (χ4n) is 3.56. The van der Waals surface area contributed by atoms with Crippen molar-refractivity contribution in [2.45, 2.75) is 13.2 Å². The van der Waals surface area contributed by atoms with Crippen molar-refractivity contribution in [3.05, 3.63) is 81.4 Å². The van der Waals surface area contributed by atoms with E-state index in [1.54, 1.807) is 41.2 Å². The Kier molecular flexibility index (Phi) is 4.95. The number of benzene rings is 2. The largest absolute Gasteiger partial charge is 0.486 e. The summed E-state index contributed by atoms with van der Waals surface area (Å²) in [4.78, 5) is 37.7. The van der Waals surface area contributed by atoms with E-state index in [1.807, 2.05) is 6.07 Å². The number of para-hydroxylation sites is 1. The lowest BCUT2D eigenvalue weighted by Gasteiger charge is -2.16. The van der Waals surface area contributed by atoms with Crippen molar-refractivity contribution >= 4 is 39.9 Å². The topological polar surface area (TPSA) is 108 Å². The maximum atomic E-state index is 12.3. The second-order valence-electron chi connectivity index (χ2n) is 7.13. The Hall–Kier alpha value is -3.98. The molecule has 0 N–H and O–H groups in total. The number of aromatic nitrogens is 3. The Labute approximate surface area is 185 Å². The molecule has 160 valence electrons. The third-order valence-electron chi connectivity index (χ3n) is 5.06. The molecule has 4 aromatic rings. The van der Waals surface area contributed by atoms with Crippen LogP contribution in [0.15, 0.2) is 63.9 Å². The predicted octanol–water partition coefficient (Wildman–Crippen LogP) is 2.85. The second-order valence-corrected chi connectivity index (χ2v) is 7.57. The summed E-state index contributed by atoms with van der Waals surface area (Å²) in [6, 6.07) is 13.1. The zero-order chi connectivity index (χ0) is 22.2. The maximum absolute atomic E-state index is 12.3. The first-order chi connectivity index (χ1) is 15.5. The van der Waals surface area contributed by atoms with Crippen molar-refractivity contribution in [3.63, 3.8) is 0 Å². The van der Waals surface area contributed by atoms with Crippen LogP contribution in [0.1, 0.15) is 16.1 Å². The number of hydrogen-bond donors (Lipinski definition) is 0. The van der Waals surface area contributed by atoms with Gasteiger partial charge in [-0.15, -0.1) is 5.10 Å². The molecule has 10 heteroatoms. The third-order valence-corrected chi connectivity index (χ3v) is 5.29. The van der Waals surface area contributed by atoms with Gasteiger partial charge in [0.15, 0.2) is 0 Å². The molecule has 9 nitrogen and oxygen atoms in total. The van der Waals surface area contributed by atoms with E-state index in [9.17, 15) is 14.4 Å². The summed E-state index contributed by atoms with van der Waals surface area (Å²) in [7, 11) is 0. The van der Waals surface area contributed by atoms with Crippen LogP contribution in [0, 0.1) is 0 Å². The van der Waals surface area contributed by atoms with Gasteiger partial charge < -0.3 is 14.1 Å². The molecule has 0 bridgehead atoms. The molecule has 0 atom stereocenters. The summed E-state index contributed by atoms with van der Waals surface area (Å²) in [6.45, 7) is 0.662. The van der Waals surface area contributed by atoms with Gasteiger partial charge >= 0.3 is 5.63 Å². The van der Waals surface area contributed by atoms with Crippen molar-refractivity contribution < 1.29 is 18.7 Å². The molecule has 2 aromatic heterocycles. The SMILES string of the molecule is O=C1C(=O)N(CCn2cc(COc3cc(=O)oc4ccccc34)nn2)c2ccc(Cl)cc21. The Bertz CT molecular complexity index is 1430. The van der Waals surface area contributed by atoms with Crippen LogP contribution in [0.4, 0.5) is 5.69 Å². The van der Waals surface area contributed by atoms with E-state index < -0.39 is 17.3 Å². The van der Waals surface area contributed by atoms with Crippen LogP contribution < -0.4 is 15.3 Å². The van der Waals surface area contributed by atoms with Crippen LogP contribution in [0.2, 0.25) is 5.02 Å². The molecule has 0 saturated heterocycles. The number of rotatable bonds is 6. The van der Waals surface area contributed by atoms with Gasteiger partial charge in [-0.2, -0.15) is 0 Å². The molecule has 32 heavy (non-hydrogen) atoms. The number of fused-ring (bicyclic) bond motifs is 2. The monoisotopic (exact) mass is 450 g/mol. The van der Waals surface area contributed by atoms with E-state index in [0.29, 0.717) is 45.2 Å². The number of carbonyl (C=O) groups is 2. The zero-order valence-corrected chi connectivity index (χ0v) is 17.3. The van der Waals surface area contributed by atoms with Gasteiger partial charge in [0, 0.05) is 11.6 Å². The first kappa shape index (κ1) is 20.0. The quantitative estimate of drug-likeness (QED) is 0.328. The number of Topliss-reactive ketones (excluding diaryl/α,β-unsaturated/α-hetero) is 1. The van der Waals surface area contributed by atoms with Gasteiger partial charge in [-0.1, -0.05) is 28.9 Å². The van der Waals surface area contributed by atoms with Crippen molar-refractivity contribution in [1.82, 2.24) is 15.0 Å². The van der Waals surface area contributed by atoms with E-state index in [2.05, 4.69) is 10.3 Å². The van der Waals surface area contributed by atoms with Gasteiger partial charge in [0.1, 0.15) is 23.6 Å². The van der Waals surface area contributed by atoms with E-state index in [0.717, 1.165) is 0 Å². The summed E-state index contributed by atoms with van der Waals surface area (Å²) in [5.74, 6) is -0.779. The second kappa shape index (κ2) is 7.93. The highest BCUT2D eigenvalue weighted by atomic mass is 35.5. The van der Waals surface area contributed by atoms with Gasteiger partial charge in [0.05, 0.1) is 35.4 Å². The first-order valence-corrected chi connectivity index (χ1v) is 10.1. The fourth-order valence-corrected chi connectivity index (χ4v) is 3.74. The molecule has 0 fully saturated rings. The van der Waals surface area contributed by atoms with E-state index >= 15 is 0 Å². The summed E-state index contributed by atoms with van der Waals surface area (Å²) in [5, 5.41) is 9.19. The minimum Gasteiger partial charge on any atom is -0.486 e. The number of ketones is 1. The van der Waals surface area contributed by atoms with E-state index in [-0.39, 0.29) is 13.2 Å². The number of amides is 1. The smallest absolute Gasteiger partial charge is 0.339 e. The highest BCUT2D eigenvalue weighted by Gasteiger charge is 2.35. The summed E-state index contributed by atoms with van der Waals surface area (Å²) >= 11 is 5.94. The van der Waals surface area contributed by atoms with Crippen LogP contribution >= 0.6 is 11.6 Å². The molecule has 1 aliphatic rings. The van der Waals surface area contributed by atoms with Gasteiger partial charge in [0.25, 0.3) is 11.7 Å². The lowest BCUT2D eigenvalue weighted by Crippen LogP contribution is -2.32. The van der Waals surface area contributed by atoms with E-state index in [4.69, 9.17) is 20.8 Å². The van der Waals surface area contributed by atoms with Crippen molar-refractivity contribution in [1.29, 1.82) is 0 Å². The molecule has 2 aromatic carbocycles. The normalized spacial score (nSPS) is 13.1. The van der Waals surface area contributed by atoms with Crippen LogP contribution in [0.3, 0.4) is 0 Å². The Morgan fingerprint density at radius 2 is 1.88 bits per heavy atom. The molecule has 1 aliphatic heterocycles. The van der Waals surface area contributed by atoms with Gasteiger partial charge in [-0.3, -0.25) is 14.3 Å². The molecule has 5 rings (SSSR count). The highest BCUT2D eigenvalue weighted by Crippen LogP contribution is 2.31. The predicted molar refractivity (Wildman–Crippen MR) is 115 cm³/mol. The van der Waals surface area contributed by atoms with Crippen LogP contribution in [-0.4, -0.2) is 33.2 Å².